The van der Waals surface area contributed by atoms with E-state index >= 15 is 0 Å². The summed E-state index contributed by atoms with van der Waals surface area (Å²) in [7, 11) is 0. The highest BCUT2D eigenvalue weighted by Gasteiger charge is 2.24. The van der Waals surface area contributed by atoms with Gasteiger partial charge in [-0.3, -0.25) is 9.59 Å². The standard InChI is InChI=1S/C23H24N2O5S/c1-2-9-24(23(27)21-6-4-11-31-21)15-22(26)25(14-18-5-3-10-28-18)13-17-7-8-19-20(12-17)30-16-29-19/h3-8,10-12H,2,9,13-16H2,1H3. The van der Waals surface area contributed by atoms with Crippen molar-refractivity contribution in [2.45, 2.75) is 26.4 Å². The fraction of sp³-hybridized carbons (Fsp3) is 0.304. The number of hydrogen-bond donors (Lipinski definition) is 0. The number of carbonyl (C=O) groups excluding carboxylic acids is 2. The molecule has 3 heterocycles. The van der Waals surface area contributed by atoms with E-state index in [4.69, 9.17) is 13.9 Å². The average Bonchev–Trinajstić information content (AvgIpc) is 3.54. The molecule has 1 aliphatic heterocycles. The molecule has 31 heavy (non-hydrogen) atoms. The van der Waals surface area contributed by atoms with Crippen LogP contribution in [0.2, 0.25) is 0 Å². The largest absolute Gasteiger partial charge is 0.467 e. The Morgan fingerprint density at radius 1 is 1.03 bits per heavy atom. The summed E-state index contributed by atoms with van der Waals surface area (Å²) in [4.78, 5) is 30.1. The minimum absolute atomic E-state index is 0.00976. The van der Waals surface area contributed by atoms with E-state index in [1.165, 1.54) is 11.3 Å². The first-order valence-electron chi connectivity index (χ1n) is 10.2. The summed E-state index contributed by atoms with van der Waals surface area (Å²) in [5.74, 6) is 1.78. The van der Waals surface area contributed by atoms with Crippen molar-refractivity contribution in [1.29, 1.82) is 0 Å². The molecule has 0 bridgehead atoms. The van der Waals surface area contributed by atoms with Gasteiger partial charge in [0.15, 0.2) is 11.5 Å². The van der Waals surface area contributed by atoms with Gasteiger partial charge in [0.2, 0.25) is 12.7 Å². The Hall–Kier alpha value is -3.26. The third-order valence-electron chi connectivity index (χ3n) is 4.93. The van der Waals surface area contributed by atoms with Crippen LogP contribution in [0.25, 0.3) is 0 Å². The van der Waals surface area contributed by atoms with Gasteiger partial charge in [-0.2, -0.15) is 0 Å². The summed E-state index contributed by atoms with van der Waals surface area (Å²) >= 11 is 1.38. The molecule has 7 nitrogen and oxygen atoms in total. The zero-order valence-electron chi connectivity index (χ0n) is 17.3. The van der Waals surface area contributed by atoms with Crippen LogP contribution < -0.4 is 9.47 Å². The van der Waals surface area contributed by atoms with E-state index in [9.17, 15) is 9.59 Å². The molecule has 1 aromatic carbocycles. The van der Waals surface area contributed by atoms with Gasteiger partial charge < -0.3 is 23.7 Å². The highest BCUT2D eigenvalue weighted by atomic mass is 32.1. The normalized spacial score (nSPS) is 12.0. The second-order valence-electron chi connectivity index (χ2n) is 7.22. The number of ether oxygens (including phenoxy) is 2. The average molecular weight is 441 g/mol. The molecule has 162 valence electrons. The van der Waals surface area contributed by atoms with Crippen molar-refractivity contribution >= 4 is 23.2 Å². The molecule has 2 amide bonds. The number of furan rings is 1. The van der Waals surface area contributed by atoms with Crippen LogP contribution in [-0.4, -0.2) is 41.5 Å². The van der Waals surface area contributed by atoms with Crippen LogP contribution in [0.5, 0.6) is 11.5 Å². The third kappa shape index (κ3) is 5.08. The zero-order valence-corrected chi connectivity index (χ0v) is 18.1. The van der Waals surface area contributed by atoms with Crippen molar-refractivity contribution in [2.75, 3.05) is 19.9 Å². The monoisotopic (exact) mass is 440 g/mol. The Morgan fingerprint density at radius 2 is 1.90 bits per heavy atom. The maximum Gasteiger partial charge on any atom is 0.264 e. The number of nitrogens with zero attached hydrogens (tertiary/aromatic N) is 2. The predicted molar refractivity (Wildman–Crippen MR) is 116 cm³/mol. The van der Waals surface area contributed by atoms with Crippen LogP contribution in [0, 0.1) is 0 Å². The van der Waals surface area contributed by atoms with Gasteiger partial charge in [0.25, 0.3) is 5.91 Å². The number of fused-ring (bicyclic) bond motifs is 1. The highest BCUT2D eigenvalue weighted by Crippen LogP contribution is 2.33. The van der Waals surface area contributed by atoms with Crippen LogP contribution in [0.4, 0.5) is 0 Å². The summed E-state index contributed by atoms with van der Waals surface area (Å²) in [5, 5.41) is 1.86. The van der Waals surface area contributed by atoms with Crippen LogP contribution >= 0.6 is 11.3 Å². The van der Waals surface area contributed by atoms with Crippen molar-refractivity contribution in [3.8, 4) is 11.5 Å². The molecule has 4 rings (SSSR count). The molecule has 0 saturated heterocycles. The molecule has 0 saturated carbocycles. The summed E-state index contributed by atoms with van der Waals surface area (Å²) in [5.41, 5.74) is 0.913. The molecule has 0 fully saturated rings. The number of carbonyl (C=O) groups is 2. The van der Waals surface area contributed by atoms with Crippen molar-refractivity contribution in [3.63, 3.8) is 0 Å². The number of amides is 2. The van der Waals surface area contributed by atoms with E-state index in [-0.39, 0.29) is 25.2 Å². The van der Waals surface area contributed by atoms with Gasteiger partial charge in [0, 0.05) is 13.1 Å². The second-order valence-corrected chi connectivity index (χ2v) is 8.17. The maximum absolute atomic E-state index is 13.3. The lowest BCUT2D eigenvalue weighted by Crippen LogP contribution is -2.42. The zero-order chi connectivity index (χ0) is 21.6. The van der Waals surface area contributed by atoms with Crippen LogP contribution in [0.15, 0.2) is 58.5 Å². The molecule has 8 heteroatoms. The smallest absolute Gasteiger partial charge is 0.264 e. The minimum Gasteiger partial charge on any atom is -0.467 e. The summed E-state index contributed by atoms with van der Waals surface area (Å²) in [6, 6.07) is 12.9. The van der Waals surface area contributed by atoms with Crippen LogP contribution in [0.3, 0.4) is 0 Å². The highest BCUT2D eigenvalue weighted by molar-refractivity contribution is 7.12. The fourth-order valence-electron chi connectivity index (χ4n) is 3.42. The van der Waals surface area contributed by atoms with Crippen LogP contribution in [0.1, 0.15) is 34.3 Å². The quantitative estimate of drug-likeness (QED) is 0.500. The molecule has 3 aromatic rings. The van der Waals surface area contributed by atoms with E-state index in [2.05, 4.69) is 0 Å². The Kier molecular flexibility index (Phi) is 6.57. The molecule has 1 aliphatic rings. The Labute approximate surface area is 184 Å². The summed E-state index contributed by atoms with van der Waals surface area (Å²) in [6.07, 6.45) is 2.35. The molecule has 0 radical (unpaired) electrons. The van der Waals surface area contributed by atoms with Gasteiger partial charge in [0.1, 0.15) is 12.3 Å². The number of benzene rings is 1. The van der Waals surface area contributed by atoms with Crippen molar-refractivity contribution in [3.05, 3.63) is 70.3 Å². The van der Waals surface area contributed by atoms with Gasteiger partial charge in [-0.05, 0) is 47.7 Å². The number of hydrogen-bond acceptors (Lipinski definition) is 6. The van der Waals surface area contributed by atoms with Gasteiger partial charge in [0.05, 0.1) is 17.7 Å². The molecular weight excluding hydrogens is 416 g/mol. The Bertz CT molecular complexity index is 1020. The molecule has 0 atom stereocenters. The third-order valence-corrected chi connectivity index (χ3v) is 5.79. The van der Waals surface area contributed by atoms with Gasteiger partial charge in [-0.25, -0.2) is 0 Å². The lowest BCUT2D eigenvalue weighted by Gasteiger charge is -2.27. The van der Waals surface area contributed by atoms with Crippen molar-refractivity contribution in [2.24, 2.45) is 0 Å². The first-order chi connectivity index (χ1) is 15.1. The van der Waals surface area contributed by atoms with E-state index in [0.717, 1.165) is 12.0 Å². The number of rotatable bonds is 9. The molecule has 2 aromatic heterocycles. The van der Waals surface area contributed by atoms with E-state index in [0.29, 0.717) is 41.8 Å². The molecule has 0 N–H and O–H groups in total. The first-order valence-corrected chi connectivity index (χ1v) is 11.0. The number of thiophene rings is 1. The molecular formula is C23H24N2O5S. The lowest BCUT2D eigenvalue weighted by molar-refractivity contribution is -0.133. The summed E-state index contributed by atoms with van der Waals surface area (Å²) in [6.45, 7) is 3.39. The lowest BCUT2D eigenvalue weighted by atomic mass is 10.2. The topological polar surface area (TPSA) is 72.2 Å². The molecule has 0 aliphatic carbocycles. The van der Waals surface area contributed by atoms with E-state index < -0.39 is 0 Å². The van der Waals surface area contributed by atoms with E-state index in [1.807, 2.05) is 42.6 Å². The Balaban J connectivity index is 1.52. The van der Waals surface area contributed by atoms with Crippen LogP contribution in [-0.2, 0) is 17.9 Å². The van der Waals surface area contributed by atoms with Gasteiger partial charge >= 0.3 is 0 Å². The summed E-state index contributed by atoms with van der Waals surface area (Å²) < 4.78 is 16.3. The molecule has 0 unspecified atom stereocenters. The van der Waals surface area contributed by atoms with Crippen molar-refractivity contribution < 1.29 is 23.5 Å². The SMILES string of the molecule is CCCN(CC(=O)N(Cc1ccc2c(c1)OCO2)Cc1ccco1)C(=O)c1cccs1. The van der Waals surface area contributed by atoms with Gasteiger partial charge in [-0.1, -0.05) is 19.1 Å². The molecule has 0 spiro atoms. The first kappa shape index (κ1) is 21.0. The van der Waals surface area contributed by atoms with E-state index in [1.54, 1.807) is 28.2 Å². The second kappa shape index (κ2) is 9.70. The maximum atomic E-state index is 13.3. The fourth-order valence-corrected chi connectivity index (χ4v) is 4.12. The van der Waals surface area contributed by atoms with Gasteiger partial charge in [-0.15, -0.1) is 11.3 Å². The predicted octanol–water partition coefficient (Wildman–Crippen LogP) is 4.15. The van der Waals surface area contributed by atoms with Crippen molar-refractivity contribution in [1.82, 2.24) is 9.80 Å². The minimum atomic E-state index is -0.146. The Morgan fingerprint density at radius 3 is 2.65 bits per heavy atom.